The summed E-state index contributed by atoms with van der Waals surface area (Å²) in [5, 5.41) is 11.9. The number of benzene rings is 2. The molecule has 0 amide bonds. The van der Waals surface area contributed by atoms with Gasteiger partial charge in [-0.3, -0.25) is 0 Å². The van der Waals surface area contributed by atoms with Crippen molar-refractivity contribution in [3.05, 3.63) is 41.5 Å². The van der Waals surface area contributed by atoms with E-state index in [4.69, 9.17) is 0 Å². The number of aromatic hydroxyl groups is 1. The first-order valence-corrected chi connectivity index (χ1v) is 4.93. The van der Waals surface area contributed by atoms with Gasteiger partial charge in [-0.1, -0.05) is 31.2 Å². The standard InChI is InChI=1S/C13H14O/c1-3-10-5-7-11-6-4-9(2)13(14)12(11)8-10/h4-8,14H,3H2,1-2H3. The molecule has 0 aliphatic rings. The number of phenols is 1. The summed E-state index contributed by atoms with van der Waals surface area (Å²) in [4.78, 5) is 0. The minimum absolute atomic E-state index is 0.415. The van der Waals surface area contributed by atoms with Crippen LogP contribution in [0.4, 0.5) is 0 Å². The summed E-state index contributed by atoms with van der Waals surface area (Å²) >= 11 is 0. The summed E-state index contributed by atoms with van der Waals surface area (Å²) in [6.45, 7) is 4.04. The van der Waals surface area contributed by atoms with Gasteiger partial charge in [-0.05, 0) is 35.9 Å². The highest BCUT2D eigenvalue weighted by Crippen LogP contribution is 2.28. The predicted molar refractivity (Wildman–Crippen MR) is 59.7 cm³/mol. The molecule has 0 saturated heterocycles. The van der Waals surface area contributed by atoms with Crippen molar-refractivity contribution in [2.75, 3.05) is 0 Å². The molecule has 0 spiro atoms. The summed E-state index contributed by atoms with van der Waals surface area (Å²) < 4.78 is 0. The molecular weight excluding hydrogens is 172 g/mol. The fourth-order valence-electron chi connectivity index (χ4n) is 1.68. The first kappa shape index (κ1) is 9.07. The summed E-state index contributed by atoms with van der Waals surface area (Å²) in [7, 11) is 0. The number of aryl methyl sites for hydroxylation is 2. The fraction of sp³-hybridized carbons (Fsp3) is 0.231. The lowest BCUT2D eigenvalue weighted by molar-refractivity contribution is 0.477. The van der Waals surface area contributed by atoms with Crippen LogP contribution in [0.15, 0.2) is 30.3 Å². The molecule has 2 rings (SSSR count). The van der Waals surface area contributed by atoms with Crippen molar-refractivity contribution in [3.8, 4) is 5.75 Å². The maximum absolute atomic E-state index is 9.88. The zero-order chi connectivity index (χ0) is 10.1. The Morgan fingerprint density at radius 1 is 1.14 bits per heavy atom. The van der Waals surface area contributed by atoms with Crippen LogP contribution >= 0.6 is 0 Å². The van der Waals surface area contributed by atoms with E-state index in [-0.39, 0.29) is 0 Å². The Bertz CT molecular complexity index is 472. The van der Waals surface area contributed by atoms with E-state index < -0.39 is 0 Å². The molecule has 0 fully saturated rings. The Labute approximate surface area is 84.0 Å². The van der Waals surface area contributed by atoms with Crippen LogP contribution in [0.25, 0.3) is 10.8 Å². The van der Waals surface area contributed by atoms with Crippen molar-refractivity contribution in [3.63, 3.8) is 0 Å². The lowest BCUT2D eigenvalue weighted by Gasteiger charge is -2.05. The van der Waals surface area contributed by atoms with E-state index in [9.17, 15) is 5.11 Å². The predicted octanol–water partition coefficient (Wildman–Crippen LogP) is 3.42. The highest BCUT2D eigenvalue weighted by molar-refractivity contribution is 5.89. The van der Waals surface area contributed by atoms with E-state index in [0.29, 0.717) is 5.75 Å². The molecule has 0 aliphatic heterocycles. The van der Waals surface area contributed by atoms with Crippen LogP contribution in [0.2, 0.25) is 0 Å². The molecule has 2 aromatic carbocycles. The van der Waals surface area contributed by atoms with Crippen LogP contribution in [0, 0.1) is 6.92 Å². The summed E-state index contributed by atoms with van der Waals surface area (Å²) in [6, 6.07) is 10.2. The minimum atomic E-state index is 0.415. The molecule has 0 saturated carbocycles. The largest absolute Gasteiger partial charge is 0.507 e. The Morgan fingerprint density at radius 3 is 2.57 bits per heavy atom. The van der Waals surface area contributed by atoms with Gasteiger partial charge in [0.25, 0.3) is 0 Å². The average Bonchev–Trinajstić information content (AvgIpc) is 2.23. The molecular formula is C13H14O. The highest BCUT2D eigenvalue weighted by atomic mass is 16.3. The topological polar surface area (TPSA) is 20.2 Å². The monoisotopic (exact) mass is 186 g/mol. The van der Waals surface area contributed by atoms with Crippen LogP contribution in [0.3, 0.4) is 0 Å². The van der Waals surface area contributed by atoms with E-state index in [1.807, 2.05) is 19.1 Å². The molecule has 1 N–H and O–H groups in total. The second-order valence-electron chi connectivity index (χ2n) is 3.64. The Morgan fingerprint density at radius 2 is 1.86 bits per heavy atom. The number of phenolic OH excluding ortho intramolecular Hbond substituents is 1. The van der Waals surface area contributed by atoms with Crippen molar-refractivity contribution in [2.24, 2.45) is 0 Å². The summed E-state index contributed by atoms with van der Waals surface area (Å²) in [5.74, 6) is 0.415. The average molecular weight is 186 g/mol. The van der Waals surface area contributed by atoms with Crippen LogP contribution in [0.5, 0.6) is 5.75 Å². The number of hydrogen-bond donors (Lipinski definition) is 1. The summed E-state index contributed by atoms with van der Waals surface area (Å²) in [6.07, 6.45) is 1.00. The van der Waals surface area contributed by atoms with Gasteiger partial charge >= 0.3 is 0 Å². The lowest BCUT2D eigenvalue weighted by Crippen LogP contribution is -1.83. The Hall–Kier alpha value is -1.50. The molecule has 1 nitrogen and oxygen atoms in total. The third-order valence-corrected chi connectivity index (χ3v) is 2.67. The minimum Gasteiger partial charge on any atom is -0.507 e. The molecule has 0 aromatic heterocycles. The molecule has 0 unspecified atom stereocenters. The molecule has 0 bridgehead atoms. The first-order chi connectivity index (χ1) is 6.72. The second kappa shape index (κ2) is 3.33. The molecule has 0 heterocycles. The second-order valence-corrected chi connectivity index (χ2v) is 3.64. The summed E-state index contributed by atoms with van der Waals surface area (Å²) in [5.41, 5.74) is 2.20. The zero-order valence-electron chi connectivity index (χ0n) is 8.54. The number of fused-ring (bicyclic) bond motifs is 1. The SMILES string of the molecule is CCc1ccc2ccc(C)c(O)c2c1. The maximum atomic E-state index is 9.88. The van der Waals surface area contributed by atoms with Crippen LogP contribution < -0.4 is 0 Å². The van der Waals surface area contributed by atoms with E-state index in [1.54, 1.807) is 0 Å². The van der Waals surface area contributed by atoms with Gasteiger partial charge in [-0.15, -0.1) is 0 Å². The van der Waals surface area contributed by atoms with Crippen LogP contribution in [-0.4, -0.2) is 5.11 Å². The molecule has 0 radical (unpaired) electrons. The van der Waals surface area contributed by atoms with E-state index >= 15 is 0 Å². The van der Waals surface area contributed by atoms with E-state index in [2.05, 4.69) is 25.1 Å². The number of hydrogen-bond acceptors (Lipinski definition) is 1. The van der Waals surface area contributed by atoms with Crippen molar-refractivity contribution in [1.82, 2.24) is 0 Å². The van der Waals surface area contributed by atoms with Gasteiger partial charge in [0, 0.05) is 5.39 Å². The third kappa shape index (κ3) is 1.35. The Kier molecular flexibility index (Phi) is 2.16. The van der Waals surface area contributed by atoms with Crippen LogP contribution in [-0.2, 0) is 6.42 Å². The third-order valence-electron chi connectivity index (χ3n) is 2.67. The van der Waals surface area contributed by atoms with Crippen molar-refractivity contribution < 1.29 is 5.11 Å². The molecule has 14 heavy (non-hydrogen) atoms. The van der Waals surface area contributed by atoms with Gasteiger partial charge in [0.2, 0.25) is 0 Å². The van der Waals surface area contributed by atoms with Crippen molar-refractivity contribution in [2.45, 2.75) is 20.3 Å². The van der Waals surface area contributed by atoms with Gasteiger partial charge in [-0.2, -0.15) is 0 Å². The molecule has 0 aliphatic carbocycles. The Balaban J connectivity index is 2.78. The van der Waals surface area contributed by atoms with Crippen molar-refractivity contribution >= 4 is 10.8 Å². The van der Waals surface area contributed by atoms with E-state index in [1.165, 1.54) is 5.56 Å². The molecule has 0 atom stereocenters. The smallest absolute Gasteiger partial charge is 0.126 e. The van der Waals surface area contributed by atoms with Gasteiger partial charge < -0.3 is 5.11 Å². The zero-order valence-corrected chi connectivity index (χ0v) is 8.54. The fourth-order valence-corrected chi connectivity index (χ4v) is 1.68. The van der Waals surface area contributed by atoms with E-state index in [0.717, 1.165) is 22.8 Å². The lowest BCUT2D eigenvalue weighted by atomic mass is 10.0. The van der Waals surface area contributed by atoms with Crippen LogP contribution in [0.1, 0.15) is 18.1 Å². The number of rotatable bonds is 1. The molecule has 1 heteroatoms. The van der Waals surface area contributed by atoms with Gasteiger partial charge in [-0.25, -0.2) is 0 Å². The van der Waals surface area contributed by atoms with Crippen molar-refractivity contribution in [1.29, 1.82) is 0 Å². The van der Waals surface area contributed by atoms with Gasteiger partial charge in [0.1, 0.15) is 5.75 Å². The van der Waals surface area contributed by atoms with Gasteiger partial charge in [0.15, 0.2) is 0 Å². The normalized spacial score (nSPS) is 10.7. The first-order valence-electron chi connectivity index (χ1n) is 4.93. The van der Waals surface area contributed by atoms with Gasteiger partial charge in [0.05, 0.1) is 0 Å². The molecule has 2 aromatic rings. The highest BCUT2D eigenvalue weighted by Gasteiger charge is 2.02. The molecule has 72 valence electrons. The maximum Gasteiger partial charge on any atom is 0.126 e. The quantitative estimate of drug-likeness (QED) is 0.723.